The molecule has 5 heteroatoms. The predicted molar refractivity (Wildman–Crippen MR) is 70.3 cm³/mol. The summed E-state index contributed by atoms with van der Waals surface area (Å²) in [6.45, 7) is 4.45. The standard InChI is InChI=1S/C14H15NO4/c1-8-11-5-6-15(4)12(11)7-13(18-9(2)16)14(8)19-10(3)17/h5-7H,1-4H3. The van der Waals surface area contributed by atoms with E-state index in [4.69, 9.17) is 9.47 Å². The largest absolute Gasteiger partial charge is 0.423 e. The van der Waals surface area contributed by atoms with E-state index in [1.165, 1.54) is 13.8 Å². The van der Waals surface area contributed by atoms with Crippen LogP contribution in [-0.4, -0.2) is 16.5 Å². The Bertz CT molecular complexity index is 670. The highest BCUT2D eigenvalue weighted by atomic mass is 16.6. The molecule has 2 aromatic rings. The average molecular weight is 261 g/mol. The average Bonchev–Trinajstić information content (AvgIpc) is 2.65. The van der Waals surface area contributed by atoms with Gasteiger partial charge in [-0.15, -0.1) is 0 Å². The van der Waals surface area contributed by atoms with Crippen LogP contribution in [0.5, 0.6) is 11.5 Å². The SMILES string of the molecule is CC(=O)Oc1cc2c(ccn2C)c(C)c1OC(C)=O. The van der Waals surface area contributed by atoms with Gasteiger partial charge in [-0.2, -0.15) is 0 Å². The first-order chi connectivity index (χ1) is 8.90. The number of esters is 2. The smallest absolute Gasteiger partial charge is 0.308 e. The van der Waals surface area contributed by atoms with E-state index < -0.39 is 11.9 Å². The zero-order chi connectivity index (χ0) is 14.2. The number of carbonyl (C=O) groups excluding carboxylic acids is 2. The second-order valence-electron chi connectivity index (χ2n) is 4.38. The van der Waals surface area contributed by atoms with Gasteiger partial charge in [0.1, 0.15) is 0 Å². The first kappa shape index (κ1) is 13.1. The van der Waals surface area contributed by atoms with Crippen molar-refractivity contribution < 1.29 is 19.1 Å². The molecular formula is C14H15NO4. The van der Waals surface area contributed by atoms with Crippen molar-refractivity contribution in [3.05, 3.63) is 23.9 Å². The number of ether oxygens (including phenoxy) is 2. The molecule has 0 radical (unpaired) electrons. The van der Waals surface area contributed by atoms with Gasteiger partial charge >= 0.3 is 11.9 Å². The lowest BCUT2D eigenvalue weighted by molar-refractivity contribution is -0.134. The number of rotatable bonds is 2. The molecule has 0 atom stereocenters. The van der Waals surface area contributed by atoms with Crippen molar-refractivity contribution in [3.8, 4) is 11.5 Å². The number of aryl methyl sites for hydroxylation is 2. The van der Waals surface area contributed by atoms with E-state index in [-0.39, 0.29) is 5.75 Å². The topological polar surface area (TPSA) is 57.5 Å². The number of nitrogens with zero attached hydrogens (tertiary/aromatic N) is 1. The van der Waals surface area contributed by atoms with Gasteiger partial charge in [0.15, 0.2) is 11.5 Å². The molecule has 0 aliphatic rings. The molecule has 0 amide bonds. The van der Waals surface area contributed by atoms with E-state index in [0.29, 0.717) is 5.75 Å². The first-order valence-electron chi connectivity index (χ1n) is 5.85. The Balaban J connectivity index is 2.69. The van der Waals surface area contributed by atoms with Crippen molar-refractivity contribution >= 4 is 22.8 Å². The lowest BCUT2D eigenvalue weighted by Crippen LogP contribution is -2.08. The molecule has 0 saturated carbocycles. The van der Waals surface area contributed by atoms with Gasteiger partial charge in [0.25, 0.3) is 0 Å². The van der Waals surface area contributed by atoms with Crippen LogP contribution in [0.1, 0.15) is 19.4 Å². The molecule has 0 aliphatic carbocycles. The number of hydrogen-bond acceptors (Lipinski definition) is 4. The highest BCUT2D eigenvalue weighted by molar-refractivity contribution is 5.90. The third-order valence-electron chi connectivity index (χ3n) is 2.86. The van der Waals surface area contributed by atoms with Crippen molar-refractivity contribution in [3.63, 3.8) is 0 Å². The Morgan fingerprint density at radius 2 is 1.79 bits per heavy atom. The Kier molecular flexibility index (Phi) is 3.29. The van der Waals surface area contributed by atoms with E-state index in [2.05, 4.69) is 0 Å². The molecule has 0 saturated heterocycles. The van der Waals surface area contributed by atoms with Crippen molar-refractivity contribution in [2.75, 3.05) is 0 Å². The molecule has 0 aliphatic heterocycles. The van der Waals surface area contributed by atoms with Gasteiger partial charge in [-0.1, -0.05) is 0 Å². The highest BCUT2D eigenvalue weighted by Crippen LogP contribution is 2.37. The monoisotopic (exact) mass is 261 g/mol. The second kappa shape index (κ2) is 4.76. The number of fused-ring (bicyclic) bond motifs is 1. The van der Waals surface area contributed by atoms with Crippen molar-refractivity contribution in [2.24, 2.45) is 7.05 Å². The Labute approximate surface area is 110 Å². The lowest BCUT2D eigenvalue weighted by Gasteiger charge is -2.13. The molecule has 0 fully saturated rings. The molecule has 0 unspecified atom stereocenters. The van der Waals surface area contributed by atoms with Crippen LogP contribution in [0.3, 0.4) is 0 Å². The maximum atomic E-state index is 11.2. The third-order valence-corrected chi connectivity index (χ3v) is 2.86. The van der Waals surface area contributed by atoms with Crippen molar-refractivity contribution in [2.45, 2.75) is 20.8 Å². The second-order valence-corrected chi connectivity index (χ2v) is 4.38. The molecule has 0 spiro atoms. The van der Waals surface area contributed by atoms with E-state index in [1.54, 1.807) is 6.07 Å². The van der Waals surface area contributed by atoms with Gasteiger partial charge in [-0.25, -0.2) is 0 Å². The molecule has 0 bridgehead atoms. The molecule has 1 heterocycles. The Morgan fingerprint density at radius 1 is 1.16 bits per heavy atom. The van der Waals surface area contributed by atoms with E-state index >= 15 is 0 Å². The predicted octanol–water partition coefficient (Wildman–Crippen LogP) is 2.34. The summed E-state index contributed by atoms with van der Waals surface area (Å²) in [5.41, 5.74) is 1.68. The summed E-state index contributed by atoms with van der Waals surface area (Å²) in [5.74, 6) is -0.357. The fourth-order valence-corrected chi connectivity index (χ4v) is 2.04. The fourth-order valence-electron chi connectivity index (χ4n) is 2.04. The fraction of sp³-hybridized carbons (Fsp3) is 0.286. The van der Waals surface area contributed by atoms with Crippen LogP contribution < -0.4 is 9.47 Å². The van der Waals surface area contributed by atoms with Crippen LogP contribution in [0, 0.1) is 6.92 Å². The van der Waals surface area contributed by atoms with Crippen LogP contribution in [0.2, 0.25) is 0 Å². The summed E-state index contributed by atoms with van der Waals surface area (Å²) in [7, 11) is 1.89. The molecule has 1 aromatic heterocycles. The minimum Gasteiger partial charge on any atom is -0.423 e. The number of benzene rings is 1. The summed E-state index contributed by atoms with van der Waals surface area (Å²) in [4.78, 5) is 22.3. The highest BCUT2D eigenvalue weighted by Gasteiger charge is 2.17. The van der Waals surface area contributed by atoms with Gasteiger partial charge in [0, 0.05) is 44.1 Å². The van der Waals surface area contributed by atoms with Crippen LogP contribution in [0.15, 0.2) is 18.3 Å². The van der Waals surface area contributed by atoms with Gasteiger partial charge in [0.2, 0.25) is 0 Å². The summed E-state index contributed by atoms with van der Waals surface area (Å²) in [6.07, 6.45) is 1.90. The number of carbonyl (C=O) groups is 2. The van der Waals surface area contributed by atoms with Gasteiger partial charge in [-0.3, -0.25) is 9.59 Å². The van der Waals surface area contributed by atoms with Gasteiger partial charge in [-0.05, 0) is 13.0 Å². The van der Waals surface area contributed by atoms with Crippen LogP contribution in [-0.2, 0) is 16.6 Å². The quantitative estimate of drug-likeness (QED) is 0.615. The first-order valence-corrected chi connectivity index (χ1v) is 5.85. The molecule has 100 valence electrons. The Morgan fingerprint density at radius 3 is 2.37 bits per heavy atom. The third kappa shape index (κ3) is 2.45. The zero-order valence-electron chi connectivity index (χ0n) is 11.3. The molecular weight excluding hydrogens is 246 g/mol. The van der Waals surface area contributed by atoms with Crippen molar-refractivity contribution in [1.82, 2.24) is 4.57 Å². The van der Waals surface area contributed by atoms with E-state index in [9.17, 15) is 9.59 Å². The minimum absolute atomic E-state index is 0.259. The summed E-state index contributed by atoms with van der Waals surface area (Å²) in [6, 6.07) is 3.62. The van der Waals surface area contributed by atoms with E-state index in [1.807, 2.05) is 30.8 Å². The summed E-state index contributed by atoms with van der Waals surface area (Å²) in [5, 5.41) is 0.953. The summed E-state index contributed by atoms with van der Waals surface area (Å²) >= 11 is 0. The lowest BCUT2D eigenvalue weighted by atomic mass is 10.1. The number of aromatic nitrogens is 1. The van der Waals surface area contributed by atoms with Crippen LogP contribution in [0.25, 0.3) is 10.9 Å². The van der Waals surface area contributed by atoms with Crippen LogP contribution >= 0.6 is 0 Å². The number of hydrogen-bond donors (Lipinski definition) is 0. The minimum atomic E-state index is -0.457. The maximum Gasteiger partial charge on any atom is 0.308 e. The Hall–Kier alpha value is -2.30. The molecule has 5 nitrogen and oxygen atoms in total. The summed E-state index contributed by atoms with van der Waals surface area (Å²) < 4.78 is 12.2. The van der Waals surface area contributed by atoms with E-state index in [0.717, 1.165) is 16.5 Å². The normalized spacial score (nSPS) is 10.5. The molecule has 0 N–H and O–H groups in total. The molecule has 2 rings (SSSR count). The van der Waals surface area contributed by atoms with Crippen LogP contribution in [0.4, 0.5) is 0 Å². The molecule has 19 heavy (non-hydrogen) atoms. The van der Waals surface area contributed by atoms with Crippen molar-refractivity contribution in [1.29, 1.82) is 0 Å². The van der Waals surface area contributed by atoms with Gasteiger partial charge in [0.05, 0.1) is 5.52 Å². The molecule has 1 aromatic carbocycles. The maximum absolute atomic E-state index is 11.2. The zero-order valence-corrected chi connectivity index (χ0v) is 11.3. The van der Waals surface area contributed by atoms with Gasteiger partial charge < -0.3 is 14.0 Å².